The maximum Gasteiger partial charge on any atom is 0.222 e. The Bertz CT molecular complexity index is 342. The van der Waals surface area contributed by atoms with Crippen molar-refractivity contribution in [3.8, 4) is 0 Å². The van der Waals surface area contributed by atoms with Crippen LogP contribution in [0.1, 0.15) is 44.1 Å². The number of aromatic nitrogens is 2. The first-order valence-electron chi connectivity index (χ1n) is 6.47. The van der Waals surface area contributed by atoms with E-state index in [1.807, 2.05) is 13.2 Å². The van der Waals surface area contributed by atoms with Gasteiger partial charge in [-0.05, 0) is 18.8 Å². The van der Waals surface area contributed by atoms with Crippen molar-refractivity contribution in [2.75, 3.05) is 7.05 Å². The van der Waals surface area contributed by atoms with Gasteiger partial charge in [0, 0.05) is 31.8 Å². The summed E-state index contributed by atoms with van der Waals surface area (Å²) in [5.74, 6) is 0.876. The van der Waals surface area contributed by atoms with Gasteiger partial charge in [-0.3, -0.25) is 9.89 Å². The molecule has 0 spiro atoms. The molecule has 0 aromatic carbocycles. The number of aromatic amines is 1. The molecule has 0 bridgehead atoms. The molecule has 17 heavy (non-hydrogen) atoms. The minimum Gasteiger partial charge on any atom is -0.341 e. The molecule has 0 radical (unpaired) electrons. The van der Waals surface area contributed by atoms with Gasteiger partial charge in [-0.15, -0.1) is 0 Å². The van der Waals surface area contributed by atoms with E-state index in [0.29, 0.717) is 18.9 Å². The van der Waals surface area contributed by atoms with E-state index in [4.69, 9.17) is 0 Å². The monoisotopic (exact) mass is 235 g/mol. The Morgan fingerprint density at radius 2 is 2.24 bits per heavy atom. The molecule has 2 rings (SSSR count). The van der Waals surface area contributed by atoms with Crippen LogP contribution in [0.5, 0.6) is 0 Å². The Kier molecular flexibility index (Phi) is 4.18. The highest BCUT2D eigenvalue weighted by atomic mass is 16.2. The average Bonchev–Trinajstić information content (AvgIpc) is 2.83. The molecule has 1 saturated carbocycles. The quantitative estimate of drug-likeness (QED) is 0.870. The van der Waals surface area contributed by atoms with Crippen LogP contribution in [0, 0.1) is 5.92 Å². The molecule has 0 aliphatic heterocycles. The van der Waals surface area contributed by atoms with Crippen LogP contribution in [0.15, 0.2) is 12.4 Å². The van der Waals surface area contributed by atoms with Crippen LogP contribution in [0.25, 0.3) is 0 Å². The lowest BCUT2D eigenvalue weighted by molar-refractivity contribution is -0.131. The summed E-state index contributed by atoms with van der Waals surface area (Å²) in [6, 6.07) is 0. The first kappa shape index (κ1) is 12.1. The topological polar surface area (TPSA) is 49.0 Å². The number of nitrogens with one attached hydrogen (secondary N) is 1. The van der Waals surface area contributed by atoms with Gasteiger partial charge < -0.3 is 4.90 Å². The van der Waals surface area contributed by atoms with Crippen molar-refractivity contribution in [1.29, 1.82) is 0 Å². The molecule has 1 aliphatic rings. The van der Waals surface area contributed by atoms with Crippen molar-refractivity contribution in [3.63, 3.8) is 0 Å². The van der Waals surface area contributed by atoms with Crippen LogP contribution in [-0.2, 0) is 11.3 Å². The van der Waals surface area contributed by atoms with Crippen LogP contribution in [0.3, 0.4) is 0 Å². The summed E-state index contributed by atoms with van der Waals surface area (Å²) in [5.41, 5.74) is 1.06. The van der Waals surface area contributed by atoms with E-state index in [1.54, 1.807) is 11.1 Å². The highest BCUT2D eigenvalue weighted by Gasteiger charge is 2.19. The van der Waals surface area contributed by atoms with E-state index in [0.717, 1.165) is 5.56 Å². The molecule has 0 saturated heterocycles. The van der Waals surface area contributed by atoms with E-state index >= 15 is 0 Å². The Morgan fingerprint density at radius 1 is 1.47 bits per heavy atom. The number of carbonyl (C=O) groups excluding carboxylic acids is 1. The highest BCUT2D eigenvalue weighted by molar-refractivity contribution is 5.76. The minimum absolute atomic E-state index is 0.262. The summed E-state index contributed by atoms with van der Waals surface area (Å²) in [4.78, 5) is 13.8. The molecule has 1 aliphatic carbocycles. The maximum absolute atomic E-state index is 12.0. The fraction of sp³-hybridized carbons (Fsp3) is 0.692. The molecular weight excluding hydrogens is 214 g/mol. The zero-order valence-electron chi connectivity index (χ0n) is 10.5. The van der Waals surface area contributed by atoms with E-state index in [-0.39, 0.29) is 5.91 Å². The molecule has 1 aromatic heterocycles. The molecule has 0 atom stereocenters. The predicted molar refractivity (Wildman–Crippen MR) is 66.3 cm³/mol. The van der Waals surface area contributed by atoms with Crippen LogP contribution < -0.4 is 0 Å². The van der Waals surface area contributed by atoms with Crippen molar-refractivity contribution in [3.05, 3.63) is 18.0 Å². The molecule has 4 nitrogen and oxygen atoms in total. The summed E-state index contributed by atoms with van der Waals surface area (Å²) < 4.78 is 0. The van der Waals surface area contributed by atoms with Gasteiger partial charge in [0.25, 0.3) is 0 Å². The molecule has 0 unspecified atom stereocenters. The number of H-pyrrole nitrogens is 1. The van der Waals surface area contributed by atoms with Gasteiger partial charge in [0.15, 0.2) is 0 Å². The molecular formula is C13H21N3O. The van der Waals surface area contributed by atoms with E-state index in [1.165, 1.54) is 32.1 Å². The zero-order chi connectivity index (χ0) is 12.1. The standard InChI is InChI=1S/C13H21N3O/c1-16(10-12-8-14-15-9-12)13(17)7-11-5-3-2-4-6-11/h8-9,11H,2-7,10H2,1H3,(H,14,15). The number of carbonyl (C=O) groups is 1. The summed E-state index contributed by atoms with van der Waals surface area (Å²) >= 11 is 0. The number of hydrogen-bond donors (Lipinski definition) is 1. The first-order valence-corrected chi connectivity index (χ1v) is 6.47. The predicted octanol–water partition coefficient (Wildman–Crippen LogP) is 2.34. The number of hydrogen-bond acceptors (Lipinski definition) is 2. The normalized spacial score (nSPS) is 17.0. The molecule has 1 aromatic rings. The highest BCUT2D eigenvalue weighted by Crippen LogP contribution is 2.26. The van der Waals surface area contributed by atoms with Gasteiger partial charge in [0.2, 0.25) is 5.91 Å². The van der Waals surface area contributed by atoms with Crippen molar-refractivity contribution >= 4 is 5.91 Å². The molecule has 1 fully saturated rings. The first-order chi connectivity index (χ1) is 8.25. The minimum atomic E-state index is 0.262. The smallest absolute Gasteiger partial charge is 0.222 e. The fourth-order valence-corrected chi connectivity index (χ4v) is 2.52. The number of nitrogens with zero attached hydrogens (tertiary/aromatic N) is 2. The molecule has 1 amide bonds. The van der Waals surface area contributed by atoms with E-state index < -0.39 is 0 Å². The van der Waals surface area contributed by atoms with Crippen molar-refractivity contribution < 1.29 is 4.79 Å². The lowest BCUT2D eigenvalue weighted by Crippen LogP contribution is -2.28. The van der Waals surface area contributed by atoms with Crippen molar-refractivity contribution in [2.24, 2.45) is 5.92 Å². The third kappa shape index (κ3) is 3.58. The lowest BCUT2D eigenvalue weighted by atomic mass is 9.87. The Hall–Kier alpha value is -1.32. The third-order valence-electron chi connectivity index (χ3n) is 3.59. The van der Waals surface area contributed by atoms with Gasteiger partial charge in [0.05, 0.1) is 6.20 Å². The van der Waals surface area contributed by atoms with Crippen LogP contribution in [0.2, 0.25) is 0 Å². The average molecular weight is 235 g/mol. The Morgan fingerprint density at radius 3 is 2.88 bits per heavy atom. The fourth-order valence-electron chi connectivity index (χ4n) is 2.52. The Labute approximate surface area is 102 Å². The third-order valence-corrected chi connectivity index (χ3v) is 3.59. The Balaban J connectivity index is 1.78. The van der Waals surface area contributed by atoms with Gasteiger partial charge in [0.1, 0.15) is 0 Å². The number of amides is 1. The van der Waals surface area contributed by atoms with Crippen molar-refractivity contribution in [2.45, 2.75) is 45.1 Å². The van der Waals surface area contributed by atoms with Gasteiger partial charge in [-0.2, -0.15) is 5.10 Å². The molecule has 4 heteroatoms. The maximum atomic E-state index is 12.0. The van der Waals surface area contributed by atoms with E-state index in [9.17, 15) is 4.79 Å². The molecule has 94 valence electrons. The second-order valence-electron chi connectivity index (χ2n) is 5.06. The molecule has 1 N–H and O–H groups in total. The van der Waals surface area contributed by atoms with Gasteiger partial charge >= 0.3 is 0 Å². The second kappa shape index (κ2) is 5.84. The zero-order valence-corrected chi connectivity index (χ0v) is 10.5. The summed E-state index contributed by atoms with van der Waals surface area (Å²) in [7, 11) is 1.87. The second-order valence-corrected chi connectivity index (χ2v) is 5.06. The molecule has 1 heterocycles. The largest absolute Gasteiger partial charge is 0.341 e. The lowest BCUT2D eigenvalue weighted by Gasteiger charge is -2.24. The summed E-state index contributed by atoms with van der Waals surface area (Å²) in [5, 5.41) is 6.65. The van der Waals surface area contributed by atoms with Crippen LogP contribution in [-0.4, -0.2) is 28.1 Å². The van der Waals surface area contributed by atoms with E-state index in [2.05, 4.69) is 10.2 Å². The van der Waals surface area contributed by atoms with Crippen LogP contribution in [0.4, 0.5) is 0 Å². The van der Waals surface area contributed by atoms with Gasteiger partial charge in [-0.25, -0.2) is 0 Å². The van der Waals surface area contributed by atoms with Gasteiger partial charge in [-0.1, -0.05) is 19.3 Å². The summed E-state index contributed by atoms with van der Waals surface area (Å²) in [6.07, 6.45) is 10.7. The number of rotatable bonds is 4. The van der Waals surface area contributed by atoms with Crippen molar-refractivity contribution in [1.82, 2.24) is 15.1 Å². The van der Waals surface area contributed by atoms with Crippen LogP contribution >= 0.6 is 0 Å². The SMILES string of the molecule is CN(Cc1cn[nH]c1)C(=O)CC1CCCCC1. The summed E-state index contributed by atoms with van der Waals surface area (Å²) in [6.45, 7) is 0.655.